The van der Waals surface area contributed by atoms with Crippen LogP contribution in [0.15, 0.2) is 11.6 Å². The minimum absolute atomic E-state index is 0.0187. The summed E-state index contributed by atoms with van der Waals surface area (Å²) in [5.74, 6) is 0. The second-order valence-corrected chi connectivity index (χ2v) is 7.08. The molecule has 1 aromatic heterocycles. The molecular weight excluding hydrogens is 316 g/mol. The molecule has 3 fully saturated rings. The lowest BCUT2D eigenvalue weighted by Gasteiger charge is -2.28. The van der Waals surface area contributed by atoms with Gasteiger partial charge in [-0.2, -0.15) is 0 Å². The second kappa shape index (κ2) is 6.62. The first-order valence-electron chi connectivity index (χ1n) is 8.23. The number of fused-ring (bicyclic) bond motifs is 1. The number of carbonyl (C=O) groups excluding carboxylic acids is 1. The second-order valence-electron chi connectivity index (χ2n) is 6.21. The number of aromatic nitrogens is 1. The van der Waals surface area contributed by atoms with Crippen molar-refractivity contribution >= 4 is 22.6 Å². The van der Waals surface area contributed by atoms with Gasteiger partial charge in [0.15, 0.2) is 5.13 Å². The van der Waals surface area contributed by atoms with Gasteiger partial charge in [0.25, 0.3) is 0 Å². The minimum Gasteiger partial charge on any atom is -0.442 e. The molecule has 0 radical (unpaired) electrons. The van der Waals surface area contributed by atoms with Crippen LogP contribution < -0.4 is 4.90 Å². The van der Waals surface area contributed by atoms with Gasteiger partial charge in [-0.05, 0) is 6.42 Å². The van der Waals surface area contributed by atoms with Gasteiger partial charge in [0.05, 0.1) is 25.8 Å². The zero-order valence-corrected chi connectivity index (χ0v) is 13.9. The van der Waals surface area contributed by atoms with Gasteiger partial charge < -0.3 is 14.4 Å². The van der Waals surface area contributed by atoms with Gasteiger partial charge in [-0.15, -0.1) is 11.3 Å². The fourth-order valence-electron chi connectivity index (χ4n) is 3.58. The molecule has 7 nitrogen and oxygen atoms in total. The van der Waals surface area contributed by atoms with Crippen LogP contribution in [0.1, 0.15) is 6.42 Å². The van der Waals surface area contributed by atoms with Crippen molar-refractivity contribution in [3.8, 4) is 0 Å². The first kappa shape index (κ1) is 15.2. The van der Waals surface area contributed by atoms with Gasteiger partial charge in [-0.1, -0.05) is 0 Å². The predicted octanol–water partition coefficient (Wildman–Crippen LogP) is 0.875. The largest absolute Gasteiger partial charge is 0.442 e. The molecule has 0 bridgehead atoms. The van der Waals surface area contributed by atoms with Crippen LogP contribution in [0.3, 0.4) is 0 Å². The lowest BCUT2D eigenvalue weighted by atomic mass is 10.2. The van der Waals surface area contributed by atoms with Crippen LogP contribution in [0.5, 0.6) is 0 Å². The molecule has 8 heteroatoms. The average molecular weight is 338 g/mol. The fourth-order valence-corrected chi connectivity index (χ4v) is 4.24. The highest BCUT2D eigenvalue weighted by Gasteiger charge is 2.47. The normalized spacial score (nSPS) is 28.3. The SMILES string of the molecule is O=C1O[C@@H]2CN(c3nccs3)C[C@@H]2N1CCCN1CCOCC1. The Hall–Kier alpha value is -1.38. The zero-order chi connectivity index (χ0) is 15.6. The Balaban J connectivity index is 1.30. The Morgan fingerprint density at radius 3 is 2.91 bits per heavy atom. The van der Waals surface area contributed by atoms with Crippen LogP contribution in [0.2, 0.25) is 0 Å². The minimum atomic E-state index is -0.152. The molecule has 0 saturated carbocycles. The van der Waals surface area contributed by atoms with E-state index in [1.54, 1.807) is 11.3 Å². The van der Waals surface area contributed by atoms with Gasteiger partial charge >= 0.3 is 6.09 Å². The van der Waals surface area contributed by atoms with E-state index in [0.717, 1.165) is 64.0 Å². The highest BCUT2D eigenvalue weighted by atomic mass is 32.1. The van der Waals surface area contributed by atoms with E-state index in [1.807, 2.05) is 16.5 Å². The number of morpholine rings is 1. The first-order chi connectivity index (χ1) is 11.3. The lowest BCUT2D eigenvalue weighted by Crippen LogP contribution is -2.41. The fraction of sp³-hybridized carbons (Fsp3) is 0.733. The molecule has 0 aliphatic carbocycles. The van der Waals surface area contributed by atoms with E-state index >= 15 is 0 Å². The van der Waals surface area contributed by atoms with E-state index in [2.05, 4.69) is 14.8 Å². The van der Waals surface area contributed by atoms with Crippen molar-refractivity contribution in [3.05, 3.63) is 11.6 Å². The standard InChI is InChI=1S/C15H22N4O3S/c20-15-19(4-1-3-17-5-7-21-8-6-17)12-10-18(11-13(12)22-15)14-16-2-9-23-14/h2,9,12-13H,1,3-8,10-11H2/t12-,13+/m0/s1. The highest BCUT2D eigenvalue weighted by Crippen LogP contribution is 2.31. The van der Waals surface area contributed by atoms with Crippen molar-refractivity contribution in [2.24, 2.45) is 0 Å². The number of rotatable bonds is 5. The number of anilines is 1. The van der Waals surface area contributed by atoms with E-state index < -0.39 is 0 Å². The molecule has 0 aromatic carbocycles. The summed E-state index contributed by atoms with van der Waals surface area (Å²) >= 11 is 1.63. The summed E-state index contributed by atoms with van der Waals surface area (Å²) in [6, 6.07) is 0.163. The molecule has 3 aliphatic heterocycles. The van der Waals surface area contributed by atoms with E-state index in [9.17, 15) is 4.79 Å². The number of thiazole rings is 1. The summed E-state index contributed by atoms with van der Waals surface area (Å²) in [4.78, 5) is 23.0. The molecule has 3 aliphatic rings. The van der Waals surface area contributed by atoms with E-state index in [1.165, 1.54) is 0 Å². The quantitative estimate of drug-likeness (QED) is 0.794. The topological polar surface area (TPSA) is 58.1 Å². The Morgan fingerprint density at radius 2 is 2.13 bits per heavy atom. The third kappa shape index (κ3) is 3.15. The number of amides is 1. The Labute approximate surface area is 139 Å². The molecule has 3 saturated heterocycles. The third-order valence-corrected chi connectivity index (χ3v) is 5.62. The van der Waals surface area contributed by atoms with Gasteiger partial charge in [-0.25, -0.2) is 9.78 Å². The maximum atomic E-state index is 12.1. The summed E-state index contributed by atoms with van der Waals surface area (Å²) in [6.45, 7) is 6.98. The van der Waals surface area contributed by atoms with Gasteiger partial charge in [0.2, 0.25) is 0 Å². The molecule has 1 aromatic rings. The van der Waals surface area contributed by atoms with Crippen LogP contribution in [0.25, 0.3) is 0 Å². The number of nitrogens with zero attached hydrogens (tertiary/aromatic N) is 4. The zero-order valence-electron chi connectivity index (χ0n) is 13.1. The molecule has 0 spiro atoms. The molecule has 2 atom stereocenters. The third-order valence-electron chi connectivity index (χ3n) is 4.79. The smallest absolute Gasteiger partial charge is 0.410 e. The number of ether oxygens (including phenoxy) is 2. The van der Waals surface area contributed by atoms with Crippen LogP contribution in [-0.4, -0.2) is 85.5 Å². The molecular formula is C15H22N4O3S. The lowest BCUT2D eigenvalue weighted by molar-refractivity contribution is 0.0363. The Kier molecular flexibility index (Phi) is 4.37. The molecule has 0 N–H and O–H groups in total. The van der Waals surface area contributed by atoms with Crippen molar-refractivity contribution in [2.75, 3.05) is 57.4 Å². The van der Waals surface area contributed by atoms with Crippen molar-refractivity contribution in [3.63, 3.8) is 0 Å². The molecule has 23 heavy (non-hydrogen) atoms. The highest BCUT2D eigenvalue weighted by molar-refractivity contribution is 7.13. The molecule has 4 heterocycles. The van der Waals surface area contributed by atoms with Crippen molar-refractivity contribution in [2.45, 2.75) is 18.6 Å². The Morgan fingerprint density at radius 1 is 1.26 bits per heavy atom. The van der Waals surface area contributed by atoms with Crippen molar-refractivity contribution in [1.29, 1.82) is 0 Å². The maximum absolute atomic E-state index is 12.1. The maximum Gasteiger partial charge on any atom is 0.410 e. The first-order valence-corrected chi connectivity index (χ1v) is 9.11. The van der Waals surface area contributed by atoms with Crippen molar-refractivity contribution in [1.82, 2.24) is 14.8 Å². The number of hydrogen-bond acceptors (Lipinski definition) is 7. The van der Waals surface area contributed by atoms with Crippen LogP contribution in [0.4, 0.5) is 9.93 Å². The molecule has 0 unspecified atom stereocenters. The van der Waals surface area contributed by atoms with Crippen LogP contribution >= 0.6 is 11.3 Å². The summed E-state index contributed by atoms with van der Waals surface area (Å²) in [5, 5.41) is 3.00. The summed E-state index contributed by atoms with van der Waals surface area (Å²) in [6.07, 6.45) is 2.63. The molecule has 126 valence electrons. The van der Waals surface area contributed by atoms with Crippen LogP contribution in [-0.2, 0) is 9.47 Å². The van der Waals surface area contributed by atoms with Gasteiger partial charge in [-0.3, -0.25) is 9.80 Å². The summed E-state index contributed by atoms with van der Waals surface area (Å²) in [5.41, 5.74) is 0. The van der Waals surface area contributed by atoms with E-state index in [0.29, 0.717) is 0 Å². The predicted molar refractivity (Wildman–Crippen MR) is 87.0 cm³/mol. The molecule has 1 amide bonds. The van der Waals surface area contributed by atoms with Gasteiger partial charge in [0, 0.05) is 44.3 Å². The van der Waals surface area contributed by atoms with E-state index in [-0.39, 0.29) is 18.2 Å². The average Bonchev–Trinajstić information content (AvgIpc) is 3.26. The molecule has 4 rings (SSSR count). The Bertz CT molecular complexity index is 535. The number of carbonyl (C=O) groups is 1. The monoisotopic (exact) mass is 338 g/mol. The van der Waals surface area contributed by atoms with Crippen LogP contribution in [0, 0.1) is 0 Å². The van der Waals surface area contributed by atoms with E-state index in [4.69, 9.17) is 9.47 Å². The number of hydrogen-bond donors (Lipinski definition) is 0. The van der Waals surface area contributed by atoms with Gasteiger partial charge in [0.1, 0.15) is 6.10 Å². The summed E-state index contributed by atoms with van der Waals surface area (Å²) < 4.78 is 10.9. The summed E-state index contributed by atoms with van der Waals surface area (Å²) in [7, 11) is 0. The van der Waals surface area contributed by atoms with Crippen molar-refractivity contribution < 1.29 is 14.3 Å².